The van der Waals surface area contributed by atoms with Crippen LogP contribution in [0.5, 0.6) is 0 Å². The third kappa shape index (κ3) is 4.62. The van der Waals surface area contributed by atoms with Crippen LogP contribution in [0.1, 0.15) is 18.7 Å². The van der Waals surface area contributed by atoms with Crippen molar-refractivity contribution in [2.24, 2.45) is 5.10 Å². The Morgan fingerprint density at radius 3 is 2.33 bits per heavy atom. The van der Waals surface area contributed by atoms with Crippen LogP contribution in [0.3, 0.4) is 0 Å². The van der Waals surface area contributed by atoms with Crippen molar-refractivity contribution in [3.8, 4) is 11.4 Å². The molecule has 1 aromatic heterocycles. The Morgan fingerprint density at radius 2 is 1.61 bits per heavy atom. The van der Waals surface area contributed by atoms with Crippen molar-refractivity contribution >= 4 is 23.2 Å². The summed E-state index contributed by atoms with van der Waals surface area (Å²) in [5.41, 5.74) is 2.51. The SMILES string of the molecule is O=C(CN1N=C(c2nc(-c3ccccc3)no2)CCC1=O)N1CCN(c2ccccc2)CC1. The van der Waals surface area contributed by atoms with Crippen LogP contribution in [-0.4, -0.2) is 70.3 Å². The van der Waals surface area contributed by atoms with Gasteiger partial charge in [0.1, 0.15) is 12.3 Å². The van der Waals surface area contributed by atoms with Crippen molar-refractivity contribution in [1.82, 2.24) is 20.0 Å². The molecule has 1 fully saturated rings. The molecule has 2 aliphatic rings. The monoisotopic (exact) mass is 444 g/mol. The Labute approximate surface area is 191 Å². The molecule has 2 aliphatic heterocycles. The van der Waals surface area contributed by atoms with E-state index in [1.54, 1.807) is 4.90 Å². The van der Waals surface area contributed by atoms with Crippen LogP contribution >= 0.6 is 0 Å². The second-order valence-electron chi connectivity index (χ2n) is 7.99. The lowest BCUT2D eigenvalue weighted by Gasteiger charge is -2.36. The number of piperazine rings is 1. The highest BCUT2D eigenvalue weighted by Gasteiger charge is 2.29. The summed E-state index contributed by atoms with van der Waals surface area (Å²) in [6, 6.07) is 19.6. The van der Waals surface area contributed by atoms with Crippen molar-refractivity contribution in [2.45, 2.75) is 12.8 Å². The standard InChI is InChI=1S/C24H24N6O3/c31-21-12-11-20(24-25-23(27-33-24)18-7-3-1-4-8-18)26-30(21)17-22(32)29-15-13-28(14-16-29)19-9-5-2-6-10-19/h1-10H,11-17H2. The van der Waals surface area contributed by atoms with E-state index < -0.39 is 0 Å². The number of hydrazone groups is 1. The molecule has 33 heavy (non-hydrogen) atoms. The van der Waals surface area contributed by atoms with Crippen LogP contribution in [-0.2, 0) is 9.59 Å². The summed E-state index contributed by atoms with van der Waals surface area (Å²) >= 11 is 0. The van der Waals surface area contributed by atoms with Gasteiger partial charge in [-0.05, 0) is 12.1 Å². The summed E-state index contributed by atoms with van der Waals surface area (Å²) in [4.78, 5) is 33.8. The average molecular weight is 444 g/mol. The number of hydrogen-bond acceptors (Lipinski definition) is 7. The maximum atomic E-state index is 12.9. The molecule has 3 heterocycles. The van der Waals surface area contributed by atoms with Crippen molar-refractivity contribution < 1.29 is 14.1 Å². The fourth-order valence-corrected chi connectivity index (χ4v) is 4.01. The number of carbonyl (C=O) groups is 2. The minimum atomic E-state index is -0.183. The Bertz CT molecular complexity index is 1150. The van der Waals surface area contributed by atoms with E-state index in [-0.39, 0.29) is 30.7 Å². The largest absolute Gasteiger partial charge is 0.368 e. The Kier molecular flexibility index (Phi) is 5.84. The third-order valence-corrected chi connectivity index (χ3v) is 5.85. The minimum absolute atomic E-state index is 0.0899. The van der Waals surface area contributed by atoms with Crippen LogP contribution in [0.25, 0.3) is 11.4 Å². The molecule has 0 radical (unpaired) electrons. The molecule has 1 saturated heterocycles. The average Bonchev–Trinajstić information content (AvgIpc) is 3.37. The van der Waals surface area contributed by atoms with E-state index in [4.69, 9.17) is 4.52 Å². The fraction of sp³-hybridized carbons (Fsp3) is 0.292. The van der Waals surface area contributed by atoms with Crippen LogP contribution in [0.15, 0.2) is 70.3 Å². The zero-order valence-corrected chi connectivity index (χ0v) is 18.1. The topological polar surface area (TPSA) is 95.1 Å². The molecule has 0 N–H and O–H groups in total. The van der Waals surface area contributed by atoms with Crippen LogP contribution in [0.4, 0.5) is 5.69 Å². The zero-order valence-electron chi connectivity index (χ0n) is 18.1. The predicted molar refractivity (Wildman–Crippen MR) is 122 cm³/mol. The molecule has 2 amide bonds. The molecule has 5 rings (SSSR count). The first-order chi connectivity index (χ1) is 16.2. The molecule has 9 nitrogen and oxygen atoms in total. The number of hydrogen-bond donors (Lipinski definition) is 0. The van der Waals surface area contributed by atoms with Crippen LogP contribution < -0.4 is 4.90 Å². The van der Waals surface area contributed by atoms with Gasteiger partial charge in [0.05, 0.1) is 0 Å². The normalized spacial score (nSPS) is 16.7. The molecular formula is C24H24N6O3. The van der Waals surface area contributed by atoms with Crippen molar-refractivity contribution in [3.63, 3.8) is 0 Å². The Balaban J connectivity index is 1.23. The summed E-state index contributed by atoms with van der Waals surface area (Å²) < 4.78 is 5.39. The van der Waals surface area contributed by atoms with Crippen LogP contribution in [0.2, 0.25) is 0 Å². The summed E-state index contributed by atoms with van der Waals surface area (Å²) in [7, 11) is 0. The number of nitrogens with zero attached hydrogens (tertiary/aromatic N) is 6. The molecule has 0 aliphatic carbocycles. The highest BCUT2D eigenvalue weighted by Crippen LogP contribution is 2.20. The number of anilines is 1. The number of benzene rings is 2. The molecule has 3 aromatic rings. The number of amides is 2. The highest BCUT2D eigenvalue weighted by atomic mass is 16.5. The molecule has 0 atom stereocenters. The van der Waals surface area contributed by atoms with Gasteiger partial charge in [-0.3, -0.25) is 9.59 Å². The van der Waals surface area contributed by atoms with Crippen molar-refractivity contribution in [1.29, 1.82) is 0 Å². The lowest BCUT2D eigenvalue weighted by atomic mass is 10.1. The number of para-hydroxylation sites is 1. The van der Waals surface area contributed by atoms with E-state index in [2.05, 4.69) is 32.3 Å². The zero-order chi connectivity index (χ0) is 22.6. The minimum Gasteiger partial charge on any atom is -0.368 e. The molecule has 0 unspecified atom stereocenters. The second-order valence-corrected chi connectivity index (χ2v) is 7.99. The van der Waals surface area contributed by atoms with Gasteiger partial charge in [-0.2, -0.15) is 10.1 Å². The first-order valence-electron chi connectivity index (χ1n) is 11.0. The molecule has 9 heteroatoms. The van der Waals surface area contributed by atoms with Crippen LogP contribution in [0, 0.1) is 0 Å². The molecule has 2 aromatic carbocycles. The number of rotatable bonds is 5. The molecule has 168 valence electrons. The summed E-state index contributed by atoms with van der Waals surface area (Å²) in [6.45, 7) is 2.63. The van der Waals surface area contributed by atoms with E-state index in [1.807, 2.05) is 48.5 Å². The summed E-state index contributed by atoms with van der Waals surface area (Å²) in [6.07, 6.45) is 0.645. The molecule has 0 spiro atoms. The van der Waals surface area contributed by atoms with E-state index in [1.165, 1.54) is 5.01 Å². The lowest BCUT2D eigenvalue weighted by Crippen LogP contribution is -2.51. The van der Waals surface area contributed by atoms with E-state index in [0.29, 0.717) is 31.0 Å². The van der Waals surface area contributed by atoms with Gasteiger partial charge < -0.3 is 14.3 Å². The first kappa shape index (κ1) is 20.9. The highest BCUT2D eigenvalue weighted by molar-refractivity contribution is 6.01. The first-order valence-corrected chi connectivity index (χ1v) is 11.0. The van der Waals surface area contributed by atoms with E-state index >= 15 is 0 Å². The van der Waals surface area contributed by atoms with Gasteiger partial charge in [-0.15, -0.1) is 0 Å². The summed E-state index contributed by atoms with van der Waals surface area (Å²) in [5.74, 6) is 0.439. The lowest BCUT2D eigenvalue weighted by molar-refractivity contribution is -0.141. The van der Waals surface area contributed by atoms with E-state index in [0.717, 1.165) is 24.3 Å². The van der Waals surface area contributed by atoms with E-state index in [9.17, 15) is 9.59 Å². The third-order valence-electron chi connectivity index (χ3n) is 5.85. The Morgan fingerprint density at radius 1 is 0.909 bits per heavy atom. The van der Waals surface area contributed by atoms with Gasteiger partial charge in [-0.1, -0.05) is 53.7 Å². The van der Waals surface area contributed by atoms with Gasteiger partial charge in [0.2, 0.25) is 17.6 Å². The van der Waals surface area contributed by atoms with Gasteiger partial charge >= 0.3 is 0 Å². The van der Waals surface area contributed by atoms with Gasteiger partial charge in [-0.25, -0.2) is 5.01 Å². The quantitative estimate of drug-likeness (QED) is 0.600. The van der Waals surface area contributed by atoms with Gasteiger partial charge in [0, 0.05) is 50.3 Å². The second kappa shape index (κ2) is 9.23. The number of carbonyl (C=O) groups excluding carboxylic acids is 2. The van der Waals surface area contributed by atoms with Gasteiger partial charge in [0.15, 0.2) is 0 Å². The molecule has 0 saturated carbocycles. The predicted octanol–water partition coefficient (Wildman–Crippen LogP) is 2.41. The molecule has 0 bridgehead atoms. The summed E-state index contributed by atoms with van der Waals surface area (Å²) in [5, 5.41) is 9.64. The van der Waals surface area contributed by atoms with Crippen molar-refractivity contribution in [2.75, 3.05) is 37.6 Å². The van der Waals surface area contributed by atoms with Crippen molar-refractivity contribution in [3.05, 3.63) is 66.6 Å². The maximum absolute atomic E-state index is 12.9. The fourth-order valence-electron chi connectivity index (χ4n) is 4.01. The maximum Gasteiger partial charge on any atom is 0.274 e. The van der Waals surface area contributed by atoms with Gasteiger partial charge in [0.25, 0.3) is 5.89 Å². The molecular weight excluding hydrogens is 420 g/mol. The smallest absolute Gasteiger partial charge is 0.274 e. The Hall–Kier alpha value is -4.01. The number of aromatic nitrogens is 2.